The van der Waals surface area contributed by atoms with Gasteiger partial charge in [-0.1, -0.05) is 48.5 Å². The van der Waals surface area contributed by atoms with Gasteiger partial charge in [0.1, 0.15) is 6.61 Å². The van der Waals surface area contributed by atoms with Crippen molar-refractivity contribution in [3.63, 3.8) is 0 Å². The van der Waals surface area contributed by atoms with E-state index >= 15 is 0 Å². The highest BCUT2D eigenvalue weighted by molar-refractivity contribution is 5.90. The molecule has 170 valence electrons. The van der Waals surface area contributed by atoms with Crippen LogP contribution in [0.2, 0.25) is 0 Å². The van der Waals surface area contributed by atoms with Gasteiger partial charge in [-0.2, -0.15) is 5.26 Å². The Hall–Kier alpha value is -4.43. The standard InChI is InChI=1S/C29H25NO4/c1-31-26-14-12-22(17-29(26)33-3)24(18-30)15-20-11-13-27(28(16-20)32-2)34-19-23-9-6-8-21-7-4-5-10-25(21)23/h4-17H,19H2,1-3H3/b24-15+. The largest absolute Gasteiger partial charge is 0.493 e. The minimum atomic E-state index is 0.419. The van der Waals surface area contributed by atoms with Gasteiger partial charge in [0.2, 0.25) is 0 Å². The molecule has 0 spiro atoms. The predicted octanol–water partition coefficient (Wildman–Crippen LogP) is 6.51. The normalized spacial score (nSPS) is 11.1. The maximum absolute atomic E-state index is 9.76. The average Bonchev–Trinajstić information content (AvgIpc) is 2.90. The molecule has 34 heavy (non-hydrogen) atoms. The number of hydrogen-bond donors (Lipinski definition) is 0. The number of methoxy groups -OCH3 is 3. The zero-order valence-corrected chi connectivity index (χ0v) is 19.4. The van der Waals surface area contributed by atoms with E-state index in [1.807, 2.05) is 42.5 Å². The van der Waals surface area contributed by atoms with E-state index in [0.29, 0.717) is 35.2 Å². The topological polar surface area (TPSA) is 60.7 Å². The number of hydrogen-bond acceptors (Lipinski definition) is 5. The summed E-state index contributed by atoms with van der Waals surface area (Å²) in [5, 5.41) is 12.1. The van der Waals surface area contributed by atoms with Crippen LogP contribution in [0.15, 0.2) is 78.9 Å². The van der Waals surface area contributed by atoms with Crippen LogP contribution in [0.3, 0.4) is 0 Å². The first-order valence-electron chi connectivity index (χ1n) is 10.8. The molecule has 0 unspecified atom stereocenters. The van der Waals surface area contributed by atoms with E-state index in [4.69, 9.17) is 18.9 Å². The summed E-state index contributed by atoms with van der Waals surface area (Å²) in [6.07, 6.45) is 1.80. The third-order valence-corrected chi connectivity index (χ3v) is 5.58. The van der Waals surface area contributed by atoms with Gasteiger partial charge in [0, 0.05) is 0 Å². The molecule has 0 amide bonds. The van der Waals surface area contributed by atoms with E-state index in [-0.39, 0.29) is 0 Å². The van der Waals surface area contributed by atoms with Crippen molar-refractivity contribution in [1.82, 2.24) is 0 Å². The van der Waals surface area contributed by atoms with Gasteiger partial charge < -0.3 is 18.9 Å². The first kappa shape index (κ1) is 22.8. The van der Waals surface area contributed by atoms with Crippen LogP contribution >= 0.6 is 0 Å². The number of ether oxygens (including phenoxy) is 4. The Balaban J connectivity index is 1.59. The van der Waals surface area contributed by atoms with Crippen molar-refractivity contribution in [3.8, 4) is 29.1 Å². The van der Waals surface area contributed by atoms with Crippen molar-refractivity contribution >= 4 is 22.4 Å². The number of benzene rings is 4. The molecule has 0 aliphatic heterocycles. The van der Waals surface area contributed by atoms with E-state index in [2.05, 4.69) is 30.3 Å². The number of fused-ring (bicyclic) bond motifs is 1. The second-order valence-electron chi connectivity index (χ2n) is 7.58. The molecule has 0 saturated heterocycles. The van der Waals surface area contributed by atoms with Gasteiger partial charge in [0.15, 0.2) is 23.0 Å². The van der Waals surface area contributed by atoms with Crippen LogP contribution in [0.4, 0.5) is 0 Å². The summed E-state index contributed by atoms with van der Waals surface area (Å²) in [7, 11) is 4.75. The van der Waals surface area contributed by atoms with Gasteiger partial charge in [-0.15, -0.1) is 0 Å². The van der Waals surface area contributed by atoms with Crippen LogP contribution in [-0.2, 0) is 6.61 Å². The van der Waals surface area contributed by atoms with Crippen LogP contribution in [0.1, 0.15) is 16.7 Å². The van der Waals surface area contributed by atoms with Gasteiger partial charge in [-0.25, -0.2) is 0 Å². The van der Waals surface area contributed by atoms with Crippen LogP contribution in [0.5, 0.6) is 23.0 Å². The zero-order chi connectivity index (χ0) is 23.9. The summed E-state index contributed by atoms with van der Waals surface area (Å²) in [6.45, 7) is 0.419. The molecular weight excluding hydrogens is 426 g/mol. The van der Waals surface area contributed by atoms with Crippen molar-refractivity contribution in [2.75, 3.05) is 21.3 Å². The van der Waals surface area contributed by atoms with Gasteiger partial charge in [0.25, 0.3) is 0 Å². The highest BCUT2D eigenvalue weighted by atomic mass is 16.5. The third-order valence-electron chi connectivity index (χ3n) is 5.58. The molecule has 0 aliphatic rings. The molecule has 4 aromatic carbocycles. The minimum absolute atomic E-state index is 0.419. The average molecular weight is 452 g/mol. The van der Waals surface area contributed by atoms with Crippen LogP contribution in [0.25, 0.3) is 22.4 Å². The Labute approximate surface area is 199 Å². The van der Waals surface area contributed by atoms with E-state index in [1.54, 1.807) is 39.5 Å². The molecule has 0 bridgehead atoms. The molecule has 0 heterocycles. The van der Waals surface area contributed by atoms with Gasteiger partial charge >= 0.3 is 0 Å². The molecule has 4 aromatic rings. The van der Waals surface area contributed by atoms with Crippen LogP contribution in [0, 0.1) is 11.3 Å². The molecule has 0 fully saturated rings. The van der Waals surface area contributed by atoms with E-state index in [9.17, 15) is 5.26 Å². The molecule has 5 heteroatoms. The van der Waals surface area contributed by atoms with Crippen LogP contribution in [-0.4, -0.2) is 21.3 Å². The zero-order valence-electron chi connectivity index (χ0n) is 19.4. The number of allylic oxidation sites excluding steroid dienone is 1. The molecule has 0 N–H and O–H groups in total. The molecular formula is C29H25NO4. The maximum atomic E-state index is 9.76. The van der Waals surface area contributed by atoms with Crippen molar-refractivity contribution in [3.05, 3.63) is 95.6 Å². The van der Waals surface area contributed by atoms with Crippen LogP contribution < -0.4 is 18.9 Å². The molecule has 0 aliphatic carbocycles. The summed E-state index contributed by atoms with van der Waals surface area (Å²) in [4.78, 5) is 0. The lowest BCUT2D eigenvalue weighted by Gasteiger charge is -2.13. The van der Waals surface area contributed by atoms with Crippen molar-refractivity contribution in [2.24, 2.45) is 0 Å². The fourth-order valence-electron chi connectivity index (χ4n) is 3.82. The number of rotatable bonds is 8. The highest BCUT2D eigenvalue weighted by Crippen LogP contribution is 2.33. The van der Waals surface area contributed by atoms with Crippen molar-refractivity contribution < 1.29 is 18.9 Å². The summed E-state index contributed by atoms with van der Waals surface area (Å²) < 4.78 is 22.3. The lowest BCUT2D eigenvalue weighted by molar-refractivity contribution is 0.285. The molecule has 5 nitrogen and oxygen atoms in total. The fraction of sp³-hybridized carbons (Fsp3) is 0.138. The first-order valence-corrected chi connectivity index (χ1v) is 10.8. The molecule has 4 rings (SSSR count). The van der Waals surface area contributed by atoms with Gasteiger partial charge in [-0.05, 0) is 63.9 Å². The van der Waals surface area contributed by atoms with Crippen molar-refractivity contribution in [2.45, 2.75) is 6.61 Å². The highest BCUT2D eigenvalue weighted by Gasteiger charge is 2.11. The van der Waals surface area contributed by atoms with E-state index < -0.39 is 0 Å². The maximum Gasteiger partial charge on any atom is 0.161 e. The molecule has 0 aromatic heterocycles. The Kier molecular flexibility index (Phi) is 7.00. The van der Waals surface area contributed by atoms with Gasteiger partial charge in [-0.3, -0.25) is 0 Å². The first-order chi connectivity index (χ1) is 16.7. The smallest absolute Gasteiger partial charge is 0.161 e. The summed E-state index contributed by atoms with van der Waals surface area (Å²) >= 11 is 0. The summed E-state index contributed by atoms with van der Waals surface area (Å²) in [5.41, 5.74) is 3.15. The summed E-state index contributed by atoms with van der Waals surface area (Å²) in [5.74, 6) is 2.41. The third kappa shape index (κ3) is 4.82. The minimum Gasteiger partial charge on any atom is -0.493 e. The molecule has 0 radical (unpaired) electrons. The Bertz CT molecular complexity index is 1380. The lowest BCUT2D eigenvalue weighted by atomic mass is 10.0. The predicted molar refractivity (Wildman–Crippen MR) is 134 cm³/mol. The number of nitrogens with zero attached hydrogens (tertiary/aromatic N) is 1. The fourth-order valence-corrected chi connectivity index (χ4v) is 3.82. The van der Waals surface area contributed by atoms with E-state index in [0.717, 1.165) is 22.1 Å². The van der Waals surface area contributed by atoms with Crippen molar-refractivity contribution in [1.29, 1.82) is 5.26 Å². The summed E-state index contributed by atoms with van der Waals surface area (Å²) in [6, 6.07) is 27.7. The lowest BCUT2D eigenvalue weighted by Crippen LogP contribution is -1.99. The Morgan fingerprint density at radius 3 is 2.24 bits per heavy atom. The molecule has 0 atom stereocenters. The van der Waals surface area contributed by atoms with Gasteiger partial charge in [0.05, 0.1) is 33.0 Å². The second kappa shape index (κ2) is 10.5. The SMILES string of the molecule is COc1ccc(/C(C#N)=C/c2ccc(OCc3cccc4ccccc34)c(OC)c2)cc1OC. The monoisotopic (exact) mass is 451 g/mol. The Morgan fingerprint density at radius 2 is 1.47 bits per heavy atom. The quantitative estimate of drug-likeness (QED) is 0.226. The second-order valence-corrected chi connectivity index (χ2v) is 7.58. The molecule has 0 saturated carbocycles. The number of nitriles is 1. The van der Waals surface area contributed by atoms with E-state index in [1.165, 1.54) is 5.39 Å². The Morgan fingerprint density at radius 1 is 0.765 bits per heavy atom.